The highest BCUT2D eigenvalue weighted by atomic mass is 32.1. The average molecular weight is 376 g/mol. The van der Waals surface area contributed by atoms with Crippen LogP contribution in [0.2, 0.25) is 0 Å². The molecule has 2 rings (SSSR count). The number of carbonyl (C=O) groups excluding carboxylic acids is 2. The number of aryl methyl sites for hydroxylation is 3. The number of benzene rings is 1. The number of rotatable bonds is 8. The van der Waals surface area contributed by atoms with Gasteiger partial charge in [-0.05, 0) is 38.0 Å². The molecule has 1 aromatic carbocycles. The lowest BCUT2D eigenvalue weighted by Crippen LogP contribution is -2.30. The topological polar surface area (TPSA) is 92.4 Å². The molecule has 0 fully saturated rings. The van der Waals surface area contributed by atoms with Crippen LogP contribution in [0.15, 0.2) is 23.6 Å². The number of hydrogen-bond donors (Lipinski definition) is 3. The Morgan fingerprint density at radius 1 is 1.23 bits per heavy atom. The minimum absolute atomic E-state index is 0.0181. The van der Waals surface area contributed by atoms with Crippen LogP contribution in [-0.2, 0) is 16.0 Å². The van der Waals surface area contributed by atoms with E-state index in [9.17, 15) is 9.59 Å². The molecule has 0 aliphatic heterocycles. The molecule has 3 amide bonds. The molecular formula is C18H24N4O3S. The van der Waals surface area contributed by atoms with Crippen molar-refractivity contribution in [2.75, 3.05) is 30.9 Å². The summed E-state index contributed by atoms with van der Waals surface area (Å²) in [5.41, 5.74) is 3.19. The molecule has 1 aromatic heterocycles. The Labute approximate surface area is 157 Å². The summed E-state index contributed by atoms with van der Waals surface area (Å²) in [6, 6.07) is 5.06. The highest BCUT2D eigenvalue weighted by Gasteiger charge is 2.08. The Morgan fingerprint density at radius 2 is 2.04 bits per heavy atom. The largest absolute Gasteiger partial charge is 0.375 e. The van der Waals surface area contributed by atoms with Gasteiger partial charge < -0.3 is 20.7 Å². The van der Waals surface area contributed by atoms with Crippen molar-refractivity contribution in [3.8, 4) is 0 Å². The highest BCUT2D eigenvalue weighted by Crippen LogP contribution is 2.20. The first-order valence-corrected chi connectivity index (χ1v) is 9.21. The number of nitrogens with zero attached hydrogens (tertiary/aromatic N) is 1. The first-order chi connectivity index (χ1) is 12.5. The monoisotopic (exact) mass is 376 g/mol. The second-order valence-electron chi connectivity index (χ2n) is 5.88. The zero-order valence-electron chi connectivity index (χ0n) is 15.2. The average Bonchev–Trinajstić information content (AvgIpc) is 3.00. The molecular weight excluding hydrogens is 352 g/mol. The van der Waals surface area contributed by atoms with E-state index in [1.807, 2.05) is 25.3 Å². The summed E-state index contributed by atoms with van der Waals surface area (Å²) in [4.78, 5) is 28.1. The number of methoxy groups -OCH3 is 1. The lowest BCUT2D eigenvalue weighted by Gasteiger charge is -2.12. The van der Waals surface area contributed by atoms with Crippen molar-refractivity contribution in [1.82, 2.24) is 10.3 Å². The van der Waals surface area contributed by atoms with Gasteiger partial charge in [0.05, 0.1) is 5.01 Å². The van der Waals surface area contributed by atoms with Crippen molar-refractivity contribution in [2.45, 2.75) is 26.7 Å². The van der Waals surface area contributed by atoms with Crippen molar-refractivity contribution in [1.29, 1.82) is 0 Å². The van der Waals surface area contributed by atoms with Crippen LogP contribution in [0.1, 0.15) is 22.7 Å². The fourth-order valence-corrected chi connectivity index (χ4v) is 3.11. The van der Waals surface area contributed by atoms with Crippen LogP contribution in [0.3, 0.4) is 0 Å². The zero-order valence-corrected chi connectivity index (χ0v) is 16.0. The fourth-order valence-electron chi connectivity index (χ4n) is 2.29. The molecule has 1 heterocycles. The van der Waals surface area contributed by atoms with E-state index in [4.69, 9.17) is 4.74 Å². The molecule has 7 nitrogen and oxygen atoms in total. The standard InChI is InChI=1S/C18H24N4O3S/c1-12-6-7-14(21-16(23)10-25-3)9-15(12)22-18(24)19-8-4-5-17-20-13(2)11-26-17/h6-7,9,11H,4-5,8,10H2,1-3H3,(H,21,23)(H2,19,22,24). The predicted octanol–water partition coefficient (Wildman–Crippen LogP) is 3.10. The minimum atomic E-state index is -0.274. The van der Waals surface area contributed by atoms with E-state index in [-0.39, 0.29) is 18.5 Å². The number of amides is 3. The summed E-state index contributed by atoms with van der Waals surface area (Å²) in [5.74, 6) is -0.246. The number of aromatic nitrogens is 1. The van der Waals surface area contributed by atoms with Gasteiger partial charge in [-0.15, -0.1) is 11.3 Å². The number of carbonyl (C=O) groups is 2. The third kappa shape index (κ3) is 6.45. The number of nitrogens with one attached hydrogen (secondary N) is 3. The molecule has 0 radical (unpaired) electrons. The van der Waals surface area contributed by atoms with Crippen LogP contribution in [0.25, 0.3) is 0 Å². The summed E-state index contributed by atoms with van der Waals surface area (Å²) in [6.45, 7) is 4.41. The smallest absolute Gasteiger partial charge is 0.319 e. The van der Waals surface area contributed by atoms with Crippen LogP contribution in [0, 0.1) is 13.8 Å². The minimum Gasteiger partial charge on any atom is -0.375 e. The number of urea groups is 1. The van der Waals surface area contributed by atoms with Crippen molar-refractivity contribution in [3.63, 3.8) is 0 Å². The Morgan fingerprint density at radius 3 is 2.73 bits per heavy atom. The SMILES string of the molecule is COCC(=O)Nc1ccc(C)c(NC(=O)NCCCc2nc(C)cs2)c1. The van der Waals surface area contributed by atoms with Gasteiger partial charge in [-0.1, -0.05) is 6.07 Å². The van der Waals surface area contributed by atoms with E-state index in [1.54, 1.807) is 23.5 Å². The first kappa shape index (κ1) is 19.9. The van der Waals surface area contributed by atoms with Crippen LogP contribution >= 0.6 is 11.3 Å². The summed E-state index contributed by atoms with van der Waals surface area (Å²) in [5, 5.41) is 11.5. The Kier molecular flexibility index (Phi) is 7.55. The van der Waals surface area contributed by atoms with Gasteiger partial charge in [-0.3, -0.25) is 4.79 Å². The number of hydrogen-bond acceptors (Lipinski definition) is 5. The Bertz CT molecular complexity index is 761. The van der Waals surface area contributed by atoms with Gasteiger partial charge in [0, 0.05) is 42.5 Å². The fraction of sp³-hybridized carbons (Fsp3) is 0.389. The molecule has 0 aliphatic carbocycles. The number of ether oxygens (including phenoxy) is 1. The third-order valence-electron chi connectivity index (χ3n) is 3.56. The van der Waals surface area contributed by atoms with Crippen LogP contribution in [-0.4, -0.2) is 37.2 Å². The quantitative estimate of drug-likeness (QED) is 0.617. The highest BCUT2D eigenvalue weighted by molar-refractivity contribution is 7.09. The van der Waals surface area contributed by atoms with E-state index < -0.39 is 0 Å². The summed E-state index contributed by atoms with van der Waals surface area (Å²) >= 11 is 1.64. The molecule has 0 atom stereocenters. The molecule has 0 unspecified atom stereocenters. The van der Waals surface area contributed by atoms with Crippen molar-refractivity contribution >= 4 is 34.6 Å². The molecule has 0 saturated heterocycles. The molecule has 3 N–H and O–H groups in total. The lowest BCUT2D eigenvalue weighted by molar-refractivity contribution is -0.119. The van der Waals surface area contributed by atoms with E-state index in [1.165, 1.54) is 7.11 Å². The van der Waals surface area contributed by atoms with E-state index in [0.29, 0.717) is 17.9 Å². The summed E-state index contributed by atoms with van der Waals surface area (Å²) in [7, 11) is 1.46. The second-order valence-corrected chi connectivity index (χ2v) is 6.82. The van der Waals surface area contributed by atoms with E-state index in [2.05, 4.69) is 20.9 Å². The normalized spacial score (nSPS) is 10.4. The molecule has 0 saturated carbocycles. The maximum Gasteiger partial charge on any atom is 0.319 e. The predicted molar refractivity (Wildman–Crippen MR) is 104 cm³/mol. The lowest BCUT2D eigenvalue weighted by atomic mass is 10.2. The van der Waals surface area contributed by atoms with Gasteiger partial charge >= 0.3 is 6.03 Å². The first-order valence-electron chi connectivity index (χ1n) is 8.33. The zero-order chi connectivity index (χ0) is 18.9. The van der Waals surface area contributed by atoms with Gasteiger partial charge in [0.1, 0.15) is 6.61 Å². The number of thiazole rings is 1. The molecule has 2 aromatic rings. The van der Waals surface area contributed by atoms with Crippen LogP contribution in [0.4, 0.5) is 16.2 Å². The van der Waals surface area contributed by atoms with Gasteiger partial charge in [-0.25, -0.2) is 9.78 Å². The van der Waals surface area contributed by atoms with Crippen molar-refractivity contribution in [2.24, 2.45) is 0 Å². The Balaban J connectivity index is 1.80. The van der Waals surface area contributed by atoms with Gasteiger partial charge in [-0.2, -0.15) is 0 Å². The number of anilines is 2. The molecule has 0 bridgehead atoms. The molecule has 0 spiro atoms. The van der Waals surface area contributed by atoms with Crippen LogP contribution < -0.4 is 16.0 Å². The van der Waals surface area contributed by atoms with Crippen molar-refractivity contribution in [3.05, 3.63) is 39.8 Å². The van der Waals surface area contributed by atoms with Gasteiger partial charge in [0.15, 0.2) is 0 Å². The molecule has 140 valence electrons. The molecule has 0 aliphatic rings. The summed E-state index contributed by atoms with van der Waals surface area (Å²) in [6.07, 6.45) is 1.67. The van der Waals surface area contributed by atoms with Gasteiger partial charge in [0.2, 0.25) is 5.91 Å². The summed E-state index contributed by atoms with van der Waals surface area (Å²) < 4.78 is 4.79. The van der Waals surface area contributed by atoms with Crippen LogP contribution in [0.5, 0.6) is 0 Å². The molecule has 8 heteroatoms. The van der Waals surface area contributed by atoms with E-state index >= 15 is 0 Å². The Hall–Kier alpha value is -2.45. The maximum atomic E-state index is 12.1. The van der Waals surface area contributed by atoms with E-state index in [0.717, 1.165) is 29.1 Å². The third-order valence-corrected chi connectivity index (χ3v) is 4.59. The van der Waals surface area contributed by atoms with Crippen molar-refractivity contribution < 1.29 is 14.3 Å². The van der Waals surface area contributed by atoms with Gasteiger partial charge in [0.25, 0.3) is 0 Å². The maximum absolute atomic E-state index is 12.1. The second kappa shape index (κ2) is 9.88. The molecule has 26 heavy (non-hydrogen) atoms.